The Bertz CT molecular complexity index is 1700. The van der Waals surface area contributed by atoms with Gasteiger partial charge in [0.05, 0.1) is 41.5 Å². The number of carbonyl (C=O) groups excluding carboxylic acids is 2. The first-order valence-electron chi connectivity index (χ1n) is 13.7. The van der Waals surface area contributed by atoms with Gasteiger partial charge < -0.3 is 14.4 Å². The summed E-state index contributed by atoms with van der Waals surface area (Å²) in [4.78, 5) is 31.7. The lowest BCUT2D eigenvalue weighted by molar-refractivity contribution is -0.141. The van der Waals surface area contributed by atoms with E-state index in [0.717, 1.165) is 36.0 Å². The first-order chi connectivity index (χ1) is 22.2. The Balaban J connectivity index is 0.000000461. The number of anilines is 1. The minimum absolute atomic E-state index is 0.145. The first-order valence-corrected chi connectivity index (χ1v) is 16.4. The third-order valence-electron chi connectivity index (χ3n) is 6.20. The normalized spacial score (nSPS) is 13.1. The Hall–Kier alpha value is -4.34. The number of rotatable bonds is 11. The molecular weight excluding hydrogens is 673 g/mol. The predicted octanol–water partition coefficient (Wildman–Crippen LogP) is 4.68. The van der Waals surface area contributed by atoms with Crippen molar-refractivity contribution in [1.29, 1.82) is 5.26 Å². The molecule has 4 rings (SSSR count). The van der Waals surface area contributed by atoms with Crippen LogP contribution >= 0.6 is 11.8 Å². The highest BCUT2D eigenvalue weighted by atomic mass is 32.2. The van der Waals surface area contributed by atoms with Crippen molar-refractivity contribution in [3.8, 4) is 6.07 Å². The van der Waals surface area contributed by atoms with Gasteiger partial charge in [-0.05, 0) is 44.2 Å². The van der Waals surface area contributed by atoms with Gasteiger partial charge in [0.2, 0.25) is 10.0 Å². The summed E-state index contributed by atoms with van der Waals surface area (Å²) in [6, 6.07) is 8.89. The summed E-state index contributed by atoms with van der Waals surface area (Å²) >= 11 is 1.12. The molecule has 0 unspecified atom stereocenters. The Morgan fingerprint density at radius 1 is 1.09 bits per heavy atom. The van der Waals surface area contributed by atoms with E-state index in [-0.39, 0.29) is 48.2 Å². The molecule has 18 heteroatoms. The van der Waals surface area contributed by atoms with Crippen molar-refractivity contribution in [3.05, 3.63) is 88.4 Å². The molecule has 0 saturated carbocycles. The second-order valence-corrected chi connectivity index (χ2v) is 12.6. The number of nitriles is 1. The van der Waals surface area contributed by atoms with E-state index in [9.17, 15) is 45.2 Å². The number of hydrogen-bond acceptors (Lipinski definition) is 11. The Kier molecular flexibility index (Phi) is 13.0. The Morgan fingerprint density at radius 3 is 2.28 bits per heavy atom. The van der Waals surface area contributed by atoms with Crippen LogP contribution in [0.5, 0.6) is 0 Å². The van der Waals surface area contributed by atoms with Crippen molar-refractivity contribution in [2.75, 3.05) is 37.1 Å². The van der Waals surface area contributed by atoms with Crippen molar-refractivity contribution in [1.82, 2.24) is 14.7 Å². The number of thioether (sulfide) groups is 1. The van der Waals surface area contributed by atoms with Crippen LogP contribution in [0.1, 0.15) is 51.4 Å². The number of sulfonamides is 1. The Morgan fingerprint density at radius 2 is 1.72 bits per heavy atom. The molecule has 1 aliphatic heterocycles. The average molecular weight is 702 g/mol. The maximum Gasteiger partial charge on any atom is 0.434 e. The number of nitrogens with zero attached hydrogens (tertiary/aromatic N) is 4. The molecule has 47 heavy (non-hydrogen) atoms. The zero-order valence-electron chi connectivity index (χ0n) is 24.9. The molecule has 1 aliphatic rings. The standard InChI is InChI=1S/C21H19F5N4O4S2.C8H9NO2/c1-2-34-20(31)14-6-12(7-27)19(29-18(14)21(24,25)26)30-8-13(9-30)35-11-28-36(32,33)10-15-16(22)4-3-5-17(15)23;1-2-11-8(10)7-4-3-5-9-6-7/h3-6,13,28H,2,8-11H2,1H3;3-6H,2H2,1H3. The molecule has 0 atom stereocenters. The van der Waals surface area contributed by atoms with Gasteiger partial charge in [-0.15, -0.1) is 11.8 Å². The Labute approximate surface area is 271 Å². The van der Waals surface area contributed by atoms with Gasteiger partial charge in [-0.3, -0.25) is 4.98 Å². The van der Waals surface area contributed by atoms with E-state index in [1.807, 2.05) is 0 Å². The maximum atomic E-state index is 13.7. The molecule has 0 bridgehead atoms. The molecule has 0 radical (unpaired) electrons. The number of hydrogen-bond donors (Lipinski definition) is 1. The number of aromatic nitrogens is 2. The van der Waals surface area contributed by atoms with Gasteiger partial charge in [-0.2, -0.15) is 18.4 Å². The summed E-state index contributed by atoms with van der Waals surface area (Å²) in [5.41, 5.74) is -2.68. The number of alkyl halides is 3. The fourth-order valence-corrected chi connectivity index (χ4v) is 6.53. The topological polar surface area (TPSA) is 152 Å². The van der Waals surface area contributed by atoms with Gasteiger partial charge in [0, 0.05) is 36.3 Å². The predicted molar refractivity (Wildman–Crippen MR) is 161 cm³/mol. The number of benzene rings is 1. The molecule has 0 amide bonds. The highest BCUT2D eigenvalue weighted by Crippen LogP contribution is 2.36. The average Bonchev–Trinajstić information content (AvgIpc) is 3.00. The summed E-state index contributed by atoms with van der Waals surface area (Å²) in [6.07, 6.45) is -1.87. The quantitative estimate of drug-likeness (QED) is 0.169. The van der Waals surface area contributed by atoms with E-state index < -0.39 is 56.4 Å². The fraction of sp³-hybridized carbons (Fsp3) is 0.345. The summed E-state index contributed by atoms with van der Waals surface area (Å²) in [6.45, 7) is 3.72. The summed E-state index contributed by atoms with van der Waals surface area (Å²) in [7, 11) is -4.06. The summed E-state index contributed by atoms with van der Waals surface area (Å²) in [5, 5.41) is 9.16. The van der Waals surface area contributed by atoms with Crippen molar-refractivity contribution in [3.63, 3.8) is 0 Å². The van der Waals surface area contributed by atoms with Gasteiger partial charge in [0.25, 0.3) is 0 Å². The van der Waals surface area contributed by atoms with E-state index in [1.165, 1.54) is 18.0 Å². The molecule has 3 aromatic rings. The van der Waals surface area contributed by atoms with Crippen molar-refractivity contribution < 1.29 is 49.4 Å². The van der Waals surface area contributed by atoms with Gasteiger partial charge in [-0.1, -0.05) is 6.07 Å². The largest absolute Gasteiger partial charge is 0.462 e. The first kappa shape index (κ1) is 37.1. The molecule has 1 saturated heterocycles. The number of pyridine rings is 2. The maximum absolute atomic E-state index is 13.7. The minimum Gasteiger partial charge on any atom is -0.462 e. The molecule has 2 aromatic heterocycles. The molecule has 0 aliphatic carbocycles. The van der Waals surface area contributed by atoms with Crippen LogP contribution < -0.4 is 9.62 Å². The lowest BCUT2D eigenvalue weighted by Gasteiger charge is -2.40. The van der Waals surface area contributed by atoms with E-state index >= 15 is 0 Å². The van der Waals surface area contributed by atoms with Crippen LogP contribution in [0.15, 0.2) is 48.8 Å². The zero-order valence-corrected chi connectivity index (χ0v) is 26.5. The molecule has 3 heterocycles. The van der Waals surface area contributed by atoms with Crippen LogP contribution in [0.3, 0.4) is 0 Å². The van der Waals surface area contributed by atoms with E-state index in [1.54, 1.807) is 31.3 Å². The second-order valence-electron chi connectivity index (χ2n) is 9.49. The molecule has 11 nitrogen and oxygen atoms in total. The molecule has 0 spiro atoms. The highest BCUT2D eigenvalue weighted by molar-refractivity contribution is 8.00. The second kappa shape index (κ2) is 16.5. The van der Waals surface area contributed by atoms with Crippen LogP contribution in [-0.4, -0.2) is 67.8 Å². The molecule has 1 N–H and O–H groups in total. The van der Waals surface area contributed by atoms with Crippen LogP contribution in [-0.2, 0) is 31.4 Å². The number of nitrogens with one attached hydrogen (secondary N) is 1. The number of ether oxygens (including phenoxy) is 2. The van der Waals surface area contributed by atoms with Gasteiger partial charge >= 0.3 is 18.1 Å². The highest BCUT2D eigenvalue weighted by Gasteiger charge is 2.40. The lowest BCUT2D eigenvalue weighted by atomic mass is 10.1. The van der Waals surface area contributed by atoms with Crippen LogP contribution in [0.4, 0.5) is 27.8 Å². The number of esters is 2. The third kappa shape index (κ3) is 10.3. The van der Waals surface area contributed by atoms with Crippen LogP contribution in [0, 0.1) is 23.0 Å². The van der Waals surface area contributed by atoms with E-state index in [2.05, 4.69) is 19.4 Å². The van der Waals surface area contributed by atoms with Crippen LogP contribution in [0.25, 0.3) is 0 Å². The zero-order chi connectivity index (χ0) is 34.8. The number of carbonyl (C=O) groups is 2. The summed E-state index contributed by atoms with van der Waals surface area (Å²) in [5.74, 6) is -4.85. The van der Waals surface area contributed by atoms with Gasteiger partial charge in [-0.25, -0.2) is 36.5 Å². The smallest absolute Gasteiger partial charge is 0.434 e. The van der Waals surface area contributed by atoms with Crippen LogP contribution in [0.2, 0.25) is 0 Å². The van der Waals surface area contributed by atoms with Gasteiger partial charge in [0.1, 0.15) is 23.5 Å². The molecular formula is C29H28F5N5O6S2. The summed E-state index contributed by atoms with van der Waals surface area (Å²) < 4.78 is 104. The van der Waals surface area contributed by atoms with Crippen molar-refractivity contribution in [2.45, 2.75) is 31.0 Å². The SMILES string of the molecule is CCOC(=O)c1cc(C#N)c(N2CC(SCNS(=O)(=O)Cc3c(F)cccc3F)C2)nc1C(F)(F)F.CCOC(=O)c1cccnc1. The lowest BCUT2D eigenvalue weighted by Crippen LogP contribution is -2.50. The monoisotopic (exact) mass is 701 g/mol. The minimum atomic E-state index is -4.97. The van der Waals surface area contributed by atoms with E-state index in [0.29, 0.717) is 12.2 Å². The van der Waals surface area contributed by atoms with E-state index in [4.69, 9.17) is 4.74 Å². The molecule has 252 valence electrons. The van der Waals surface area contributed by atoms with Crippen molar-refractivity contribution in [2.24, 2.45) is 0 Å². The molecule has 1 fully saturated rings. The fourth-order valence-electron chi connectivity index (χ4n) is 3.97. The van der Waals surface area contributed by atoms with Gasteiger partial charge in [0.15, 0.2) is 5.69 Å². The number of halogens is 5. The third-order valence-corrected chi connectivity index (χ3v) is 8.72. The van der Waals surface area contributed by atoms with Crippen molar-refractivity contribution >= 4 is 39.5 Å². The molecule has 1 aromatic carbocycles.